The summed E-state index contributed by atoms with van der Waals surface area (Å²) in [5.74, 6) is -0.323. The van der Waals surface area contributed by atoms with E-state index in [1.165, 1.54) is 11.3 Å². The van der Waals surface area contributed by atoms with Crippen LogP contribution in [0, 0.1) is 0 Å². The van der Waals surface area contributed by atoms with E-state index in [2.05, 4.69) is 5.32 Å². The number of para-hydroxylation sites is 1. The molecule has 0 saturated carbocycles. The Morgan fingerprint density at radius 3 is 2.61 bits per heavy atom. The minimum atomic E-state index is -0.217. The van der Waals surface area contributed by atoms with Crippen LogP contribution in [0.15, 0.2) is 71.4 Å². The number of ether oxygens (including phenoxy) is 1. The monoisotopic (exact) mass is 392 g/mol. The van der Waals surface area contributed by atoms with Crippen LogP contribution >= 0.6 is 11.3 Å². The van der Waals surface area contributed by atoms with Crippen LogP contribution in [0.1, 0.15) is 32.4 Å². The lowest BCUT2D eigenvalue weighted by atomic mass is 10.1. The molecular weight excluding hydrogens is 372 g/mol. The van der Waals surface area contributed by atoms with Gasteiger partial charge in [0.15, 0.2) is 0 Å². The van der Waals surface area contributed by atoms with Crippen LogP contribution in [0.3, 0.4) is 0 Å². The number of hydrogen-bond donors (Lipinski definition) is 1. The number of nitrogens with zero attached hydrogens (tertiary/aromatic N) is 1. The molecule has 3 aromatic rings. The van der Waals surface area contributed by atoms with Crippen molar-refractivity contribution < 1.29 is 14.3 Å². The molecule has 4 rings (SSSR count). The summed E-state index contributed by atoms with van der Waals surface area (Å²) in [6, 6.07) is 18.8. The molecule has 1 aliphatic heterocycles. The number of carbonyl (C=O) groups excluding carboxylic acids is 2. The molecule has 0 spiro atoms. The highest BCUT2D eigenvalue weighted by atomic mass is 32.1. The van der Waals surface area contributed by atoms with Gasteiger partial charge < -0.3 is 15.0 Å². The van der Waals surface area contributed by atoms with E-state index < -0.39 is 0 Å². The van der Waals surface area contributed by atoms with Crippen LogP contribution in [0.25, 0.3) is 0 Å². The normalized spacial score (nSPS) is 16.6. The van der Waals surface area contributed by atoms with Gasteiger partial charge in [0.05, 0.1) is 30.0 Å². The fraction of sp³-hybridized carbons (Fsp3) is 0.182. The molecular formula is C22H20N2O3S. The molecule has 2 aromatic carbocycles. The Labute approximate surface area is 167 Å². The topological polar surface area (TPSA) is 58.6 Å². The van der Waals surface area contributed by atoms with Crippen molar-refractivity contribution in [2.45, 2.75) is 6.10 Å². The van der Waals surface area contributed by atoms with E-state index in [0.29, 0.717) is 36.5 Å². The maximum Gasteiger partial charge on any atom is 0.256 e. The van der Waals surface area contributed by atoms with E-state index in [0.717, 1.165) is 5.56 Å². The maximum atomic E-state index is 13.2. The summed E-state index contributed by atoms with van der Waals surface area (Å²) in [5, 5.41) is 6.50. The van der Waals surface area contributed by atoms with Crippen molar-refractivity contribution in [3.05, 3.63) is 88.1 Å². The van der Waals surface area contributed by atoms with Gasteiger partial charge in [0.2, 0.25) is 0 Å². The molecule has 1 aromatic heterocycles. The highest BCUT2D eigenvalue weighted by Gasteiger charge is 2.27. The Bertz CT molecular complexity index is 957. The maximum absolute atomic E-state index is 13.2. The van der Waals surface area contributed by atoms with Crippen molar-refractivity contribution in [1.82, 2.24) is 4.90 Å². The molecule has 1 N–H and O–H groups in total. The van der Waals surface area contributed by atoms with Gasteiger partial charge in [0, 0.05) is 11.9 Å². The van der Waals surface area contributed by atoms with Crippen LogP contribution in [0.5, 0.6) is 0 Å². The van der Waals surface area contributed by atoms with Gasteiger partial charge in [-0.2, -0.15) is 11.3 Å². The average molecular weight is 392 g/mol. The number of rotatable bonds is 4. The molecule has 6 heteroatoms. The van der Waals surface area contributed by atoms with E-state index in [1.807, 2.05) is 47.8 Å². The molecule has 0 radical (unpaired) electrons. The van der Waals surface area contributed by atoms with Gasteiger partial charge in [-0.25, -0.2) is 0 Å². The average Bonchev–Trinajstić information content (AvgIpc) is 3.30. The Balaban J connectivity index is 1.52. The molecule has 2 amide bonds. The number of anilines is 1. The highest BCUT2D eigenvalue weighted by Crippen LogP contribution is 2.25. The lowest BCUT2D eigenvalue weighted by molar-refractivity contribution is -0.0227. The Hall–Kier alpha value is -2.96. The first kappa shape index (κ1) is 18.4. The first-order chi connectivity index (χ1) is 13.7. The summed E-state index contributed by atoms with van der Waals surface area (Å²) in [5.41, 5.74) is 2.65. The molecule has 5 nitrogen and oxygen atoms in total. The molecule has 1 aliphatic rings. The Kier molecular flexibility index (Phi) is 5.50. The number of amides is 2. The molecule has 142 valence electrons. The zero-order valence-corrected chi connectivity index (χ0v) is 16.0. The van der Waals surface area contributed by atoms with Gasteiger partial charge in [0.25, 0.3) is 11.8 Å². The highest BCUT2D eigenvalue weighted by molar-refractivity contribution is 7.08. The van der Waals surface area contributed by atoms with Crippen molar-refractivity contribution in [3.63, 3.8) is 0 Å². The van der Waals surface area contributed by atoms with Crippen LogP contribution < -0.4 is 5.32 Å². The zero-order valence-electron chi connectivity index (χ0n) is 15.2. The molecule has 28 heavy (non-hydrogen) atoms. The third-order valence-electron chi connectivity index (χ3n) is 4.71. The number of morpholine rings is 1. The fourth-order valence-corrected chi connectivity index (χ4v) is 3.88. The van der Waals surface area contributed by atoms with E-state index in [-0.39, 0.29) is 17.9 Å². The molecule has 0 bridgehead atoms. The summed E-state index contributed by atoms with van der Waals surface area (Å²) >= 11 is 1.46. The second-order valence-corrected chi connectivity index (χ2v) is 7.31. The Morgan fingerprint density at radius 1 is 1.04 bits per heavy atom. The van der Waals surface area contributed by atoms with Gasteiger partial charge in [-0.05, 0) is 29.1 Å². The van der Waals surface area contributed by atoms with Gasteiger partial charge >= 0.3 is 0 Å². The van der Waals surface area contributed by atoms with Crippen LogP contribution in [0.4, 0.5) is 5.69 Å². The smallest absolute Gasteiger partial charge is 0.256 e. The van der Waals surface area contributed by atoms with E-state index in [4.69, 9.17) is 4.74 Å². The summed E-state index contributed by atoms with van der Waals surface area (Å²) in [7, 11) is 0. The van der Waals surface area contributed by atoms with Crippen molar-refractivity contribution in [2.75, 3.05) is 25.0 Å². The number of benzene rings is 2. The molecule has 2 heterocycles. The minimum Gasteiger partial charge on any atom is -0.370 e. The zero-order chi connectivity index (χ0) is 19.3. The Morgan fingerprint density at radius 2 is 1.82 bits per heavy atom. The fourth-order valence-electron chi connectivity index (χ4n) is 3.24. The number of nitrogens with one attached hydrogen (secondary N) is 1. The van der Waals surface area contributed by atoms with Crippen molar-refractivity contribution in [1.29, 1.82) is 0 Å². The number of hydrogen-bond acceptors (Lipinski definition) is 4. The summed E-state index contributed by atoms with van der Waals surface area (Å²) in [4.78, 5) is 27.4. The van der Waals surface area contributed by atoms with Gasteiger partial charge in [-0.3, -0.25) is 9.59 Å². The molecule has 1 unspecified atom stereocenters. The van der Waals surface area contributed by atoms with Crippen LogP contribution in [-0.2, 0) is 4.74 Å². The third-order valence-corrected chi connectivity index (χ3v) is 5.40. The van der Waals surface area contributed by atoms with Gasteiger partial charge in [-0.1, -0.05) is 42.5 Å². The predicted octanol–water partition coefficient (Wildman–Crippen LogP) is 4.21. The summed E-state index contributed by atoms with van der Waals surface area (Å²) in [6.45, 7) is 1.49. The lowest BCUT2D eigenvalue weighted by Crippen LogP contribution is -2.42. The standard InChI is InChI=1S/C22H20N2O3S/c25-21(17-10-13-28-15-17)23-19-9-5-4-8-18(19)22(26)24-11-12-27-20(14-24)16-6-2-1-3-7-16/h1-10,13,15,20H,11-12,14H2,(H,23,25). The van der Waals surface area contributed by atoms with Crippen LogP contribution in [-0.4, -0.2) is 36.4 Å². The molecule has 1 saturated heterocycles. The van der Waals surface area contributed by atoms with E-state index in [1.54, 1.807) is 28.5 Å². The SMILES string of the molecule is O=C(Nc1ccccc1C(=O)N1CCOC(c2ccccc2)C1)c1ccsc1. The second-order valence-electron chi connectivity index (χ2n) is 6.53. The number of thiophene rings is 1. The predicted molar refractivity (Wildman–Crippen MR) is 110 cm³/mol. The van der Waals surface area contributed by atoms with Gasteiger partial charge in [-0.15, -0.1) is 0 Å². The third kappa shape index (κ3) is 3.98. The molecule has 0 aliphatic carbocycles. The number of carbonyl (C=O) groups is 2. The first-order valence-electron chi connectivity index (χ1n) is 9.11. The van der Waals surface area contributed by atoms with Crippen LogP contribution in [0.2, 0.25) is 0 Å². The van der Waals surface area contributed by atoms with Crippen molar-refractivity contribution in [3.8, 4) is 0 Å². The van der Waals surface area contributed by atoms with E-state index in [9.17, 15) is 9.59 Å². The first-order valence-corrected chi connectivity index (χ1v) is 10.0. The van der Waals surface area contributed by atoms with Crippen molar-refractivity contribution >= 4 is 28.8 Å². The van der Waals surface area contributed by atoms with E-state index >= 15 is 0 Å². The largest absolute Gasteiger partial charge is 0.370 e. The molecule has 1 fully saturated rings. The summed E-state index contributed by atoms with van der Waals surface area (Å²) in [6.07, 6.45) is -0.147. The van der Waals surface area contributed by atoms with Crippen molar-refractivity contribution in [2.24, 2.45) is 0 Å². The minimum absolute atomic E-state index is 0.106. The quantitative estimate of drug-likeness (QED) is 0.723. The summed E-state index contributed by atoms with van der Waals surface area (Å²) < 4.78 is 5.86. The lowest BCUT2D eigenvalue weighted by Gasteiger charge is -2.33. The van der Waals surface area contributed by atoms with Gasteiger partial charge in [0.1, 0.15) is 6.10 Å². The second kappa shape index (κ2) is 8.37. The molecule has 1 atom stereocenters.